The monoisotopic (exact) mass is 355 g/mol. The molecule has 0 saturated heterocycles. The fourth-order valence-electron chi connectivity index (χ4n) is 3.60. The Bertz CT molecular complexity index is 749. The molecule has 4 rings (SSSR count). The largest absolute Gasteiger partial charge is 0.454 e. The number of aliphatic hydroxyl groups is 1. The predicted molar refractivity (Wildman–Crippen MR) is 98.4 cm³/mol. The Morgan fingerprint density at radius 3 is 3.00 bits per heavy atom. The molecule has 0 saturated carbocycles. The van der Waals surface area contributed by atoms with Crippen LogP contribution in [-0.4, -0.2) is 31.2 Å². The van der Waals surface area contributed by atoms with Crippen LogP contribution in [0.2, 0.25) is 0 Å². The first kappa shape index (κ1) is 17.3. The Kier molecular flexibility index (Phi) is 5.39. The smallest absolute Gasteiger partial charge is 0.231 e. The van der Waals surface area contributed by atoms with Crippen molar-refractivity contribution in [1.29, 1.82) is 0 Å². The molecule has 0 bridgehead atoms. The van der Waals surface area contributed by atoms with Gasteiger partial charge in [0.25, 0.3) is 0 Å². The van der Waals surface area contributed by atoms with Gasteiger partial charge in [-0.1, -0.05) is 30.3 Å². The standard InChI is InChI=1S/C21H25NO4/c23-17(12-22-11-15-8-9-20-21(10-15)26-14-25-20)13-24-19-7-3-5-16-4-1-2-6-18(16)19/h1-2,4,6,8-10,17,19,22-23H,3,5,7,11-14H2/t17-,19-/m1/s1. The molecule has 138 valence electrons. The number of hydrogen-bond acceptors (Lipinski definition) is 5. The minimum absolute atomic E-state index is 0.100. The lowest BCUT2D eigenvalue weighted by atomic mass is 9.89. The van der Waals surface area contributed by atoms with Gasteiger partial charge in [0.15, 0.2) is 11.5 Å². The fourth-order valence-corrected chi connectivity index (χ4v) is 3.60. The molecule has 5 nitrogen and oxygen atoms in total. The molecule has 2 atom stereocenters. The van der Waals surface area contributed by atoms with Gasteiger partial charge in [-0.3, -0.25) is 0 Å². The fraction of sp³-hybridized carbons (Fsp3) is 0.429. The van der Waals surface area contributed by atoms with Crippen molar-refractivity contribution in [1.82, 2.24) is 5.32 Å². The van der Waals surface area contributed by atoms with E-state index in [9.17, 15) is 5.11 Å². The van der Waals surface area contributed by atoms with Gasteiger partial charge < -0.3 is 24.6 Å². The molecule has 0 aromatic heterocycles. The van der Waals surface area contributed by atoms with Crippen molar-refractivity contribution in [3.8, 4) is 11.5 Å². The molecule has 2 aromatic rings. The molecule has 1 heterocycles. The van der Waals surface area contributed by atoms with E-state index in [1.54, 1.807) is 0 Å². The summed E-state index contributed by atoms with van der Waals surface area (Å²) in [6.45, 7) is 1.78. The minimum atomic E-state index is -0.530. The van der Waals surface area contributed by atoms with Crippen LogP contribution in [0.5, 0.6) is 11.5 Å². The van der Waals surface area contributed by atoms with Crippen molar-refractivity contribution in [2.45, 2.75) is 38.0 Å². The number of ether oxygens (including phenoxy) is 3. The van der Waals surface area contributed by atoms with Crippen LogP contribution in [0.3, 0.4) is 0 Å². The van der Waals surface area contributed by atoms with E-state index in [0.717, 1.165) is 36.3 Å². The zero-order valence-electron chi connectivity index (χ0n) is 14.8. The summed E-state index contributed by atoms with van der Waals surface area (Å²) >= 11 is 0. The second kappa shape index (κ2) is 8.08. The van der Waals surface area contributed by atoms with Crippen LogP contribution in [0.25, 0.3) is 0 Å². The van der Waals surface area contributed by atoms with Gasteiger partial charge in [-0.2, -0.15) is 0 Å². The third-order valence-corrected chi connectivity index (χ3v) is 4.95. The predicted octanol–water partition coefficient (Wildman–Crippen LogP) is 2.96. The average Bonchev–Trinajstić information content (AvgIpc) is 3.14. The maximum absolute atomic E-state index is 10.2. The van der Waals surface area contributed by atoms with Crippen LogP contribution < -0.4 is 14.8 Å². The van der Waals surface area contributed by atoms with Crippen molar-refractivity contribution in [2.24, 2.45) is 0 Å². The van der Waals surface area contributed by atoms with Crippen molar-refractivity contribution < 1.29 is 19.3 Å². The first-order valence-electron chi connectivity index (χ1n) is 9.26. The van der Waals surface area contributed by atoms with Gasteiger partial charge in [-0.05, 0) is 48.1 Å². The highest BCUT2D eigenvalue weighted by Crippen LogP contribution is 2.33. The normalized spacial score (nSPS) is 19.2. The van der Waals surface area contributed by atoms with Crippen LogP contribution >= 0.6 is 0 Å². The second-order valence-electron chi connectivity index (χ2n) is 6.89. The van der Waals surface area contributed by atoms with E-state index in [-0.39, 0.29) is 12.9 Å². The van der Waals surface area contributed by atoms with E-state index in [1.165, 1.54) is 11.1 Å². The molecule has 0 radical (unpaired) electrons. The highest BCUT2D eigenvalue weighted by molar-refractivity contribution is 5.44. The lowest BCUT2D eigenvalue weighted by Crippen LogP contribution is -2.31. The number of rotatable bonds is 7. The molecule has 0 unspecified atom stereocenters. The maximum atomic E-state index is 10.2. The van der Waals surface area contributed by atoms with Gasteiger partial charge >= 0.3 is 0 Å². The molecule has 2 N–H and O–H groups in total. The molecular weight excluding hydrogens is 330 g/mol. The molecule has 0 fully saturated rings. The van der Waals surface area contributed by atoms with Crippen molar-refractivity contribution in [2.75, 3.05) is 19.9 Å². The highest BCUT2D eigenvalue weighted by Gasteiger charge is 2.21. The Balaban J connectivity index is 1.22. The van der Waals surface area contributed by atoms with E-state index >= 15 is 0 Å². The van der Waals surface area contributed by atoms with Crippen LogP contribution in [0, 0.1) is 0 Å². The summed E-state index contributed by atoms with van der Waals surface area (Å²) in [5, 5.41) is 13.5. The van der Waals surface area contributed by atoms with Gasteiger partial charge in [-0.25, -0.2) is 0 Å². The van der Waals surface area contributed by atoms with Crippen molar-refractivity contribution >= 4 is 0 Å². The van der Waals surface area contributed by atoms with Crippen LogP contribution in [0.1, 0.15) is 35.6 Å². The summed E-state index contributed by atoms with van der Waals surface area (Å²) in [5.74, 6) is 1.57. The Labute approximate surface area is 153 Å². The Morgan fingerprint density at radius 2 is 2.04 bits per heavy atom. The second-order valence-corrected chi connectivity index (χ2v) is 6.89. The maximum Gasteiger partial charge on any atom is 0.231 e. The third-order valence-electron chi connectivity index (χ3n) is 4.95. The first-order chi connectivity index (χ1) is 12.8. The van der Waals surface area contributed by atoms with Crippen molar-refractivity contribution in [3.63, 3.8) is 0 Å². The topological polar surface area (TPSA) is 60.0 Å². The summed E-state index contributed by atoms with van der Waals surface area (Å²) < 4.78 is 16.7. The zero-order chi connectivity index (χ0) is 17.8. The van der Waals surface area contributed by atoms with Gasteiger partial charge in [0.2, 0.25) is 6.79 Å². The number of aliphatic hydroxyl groups excluding tert-OH is 1. The summed E-state index contributed by atoms with van der Waals surface area (Å²) in [6, 6.07) is 14.3. The number of nitrogens with one attached hydrogen (secondary N) is 1. The molecular formula is C21H25NO4. The third kappa shape index (κ3) is 4.01. The molecule has 1 aliphatic heterocycles. The summed E-state index contributed by atoms with van der Waals surface area (Å²) in [7, 11) is 0. The first-order valence-corrected chi connectivity index (χ1v) is 9.26. The average molecular weight is 355 g/mol. The van der Waals surface area contributed by atoms with Gasteiger partial charge in [0.05, 0.1) is 18.8 Å². The highest BCUT2D eigenvalue weighted by atomic mass is 16.7. The molecule has 26 heavy (non-hydrogen) atoms. The minimum Gasteiger partial charge on any atom is -0.454 e. The van der Waals surface area contributed by atoms with Crippen molar-refractivity contribution in [3.05, 3.63) is 59.2 Å². The van der Waals surface area contributed by atoms with E-state index in [1.807, 2.05) is 18.2 Å². The Morgan fingerprint density at radius 1 is 1.15 bits per heavy atom. The molecule has 1 aliphatic carbocycles. The number of hydrogen-bond donors (Lipinski definition) is 2. The summed E-state index contributed by atoms with van der Waals surface area (Å²) in [5.41, 5.74) is 3.75. The molecule has 0 amide bonds. The molecule has 0 spiro atoms. The lowest BCUT2D eigenvalue weighted by Gasteiger charge is -2.26. The molecule has 2 aliphatic rings. The van der Waals surface area contributed by atoms with Gasteiger partial charge in [0, 0.05) is 13.1 Å². The Hall–Kier alpha value is -2.08. The number of benzene rings is 2. The SMILES string of the molecule is O[C@H](CNCc1ccc2c(c1)OCO2)CO[C@@H]1CCCc2ccccc21. The molecule has 2 aromatic carbocycles. The number of fused-ring (bicyclic) bond motifs is 2. The van der Waals surface area contributed by atoms with Crippen LogP contribution in [0.15, 0.2) is 42.5 Å². The summed E-state index contributed by atoms with van der Waals surface area (Å²) in [4.78, 5) is 0. The van der Waals surface area contributed by atoms with E-state index in [2.05, 4.69) is 29.6 Å². The van der Waals surface area contributed by atoms with E-state index < -0.39 is 6.10 Å². The van der Waals surface area contributed by atoms with Gasteiger partial charge in [-0.15, -0.1) is 0 Å². The zero-order valence-corrected chi connectivity index (χ0v) is 14.8. The van der Waals surface area contributed by atoms with Crippen LogP contribution in [-0.2, 0) is 17.7 Å². The quantitative estimate of drug-likeness (QED) is 0.800. The number of aryl methyl sites for hydroxylation is 1. The summed E-state index contributed by atoms with van der Waals surface area (Å²) in [6.07, 6.45) is 2.85. The van der Waals surface area contributed by atoms with E-state index in [0.29, 0.717) is 19.7 Å². The van der Waals surface area contributed by atoms with Gasteiger partial charge in [0.1, 0.15) is 0 Å². The molecule has 5 heteroatoms. The van der Waals surface area contributed by atoms with Crippen LogP contribution in [0.4, 0.5) is 0 Å². The lowest BCUT2D eigenvalue weighted by molar-refractivity contribution is -0.0167. The van der Waals surface area contributed by atoms with E-state index in [4.69, 9.17) is 14.2 Å².